The Kier molecular flexibility index (Phi) is 6.26. The molecule has 4 heterocycles. The topological polar surface area (TPSA) is 144 Å². The van der Waals surface area contributed by atoms with Crippen molar-refractivity contribution in [1.82, 2.24) is 30.1 Å². The van der Waals surface area contributed by atoms with E-state index in [4.69, 9.17) is 5.26 Å². The summed E-state index contributed by atoms with van der Waals surface area (Å²) in [7, 11) is 0. The van der Waals surface area contributed by atoms with E-state index in [1.54, 1.807) is 16.6 Å². The summed E-state index contributed by atoms with van der Waals surface area (Å²) in [6, 6.07) is 14.8. The number of carbonyl (C=O) groups excluding carboxylic acids is 1. The predicted octanol–water partition coefficient (Wildman–Crippen LogP) is 4.04. The maximum atomic E-state index is 14.3. The van der Waals surface area contributed by atoms with Crippen molar-refractivity contribution >= 4 is 33.7 Å². The third-order valence-electron chi connectivity index (χ3n) is 6.27. The van der Waals surface area contributed by atoms with Crippen molar-refractivity contribution in [2.45, 2.75) is 32.5 Å². The minimum atomic E-state index is -1.66. The number of hydrogen-bond donors (Lipinski definition) is 4. The Morgan fingerprint density at radius 1 is 1.24 bits per heavy atom. The van der Waals surface area contributed by atoms with Gasteiger partial charge in [-0.1, -0.05) is 0 Å². The van der Waals surface area contributed by atoms with Crippen molar-refractivity contribution in [2.75, 3.05) is 11.9 Å². The summed E-state index contributed by atoms with van der Waals surface area (Å²) in [6.07, 6.45) is 1.22. The lowest BCUT2D eigenvalue weighted by molar-refractivity contribution is -0.00177. The van der Waals surface area contributed by atoms with Gasteiger partial charge in [-0.15, -0.1) is 0 Å². The molecule has 0 spiro atoms. The fourth-order valence-corrected chi connectivity index (χ4v) is 4.04. The molecule has 0 aliphatic heterocycles. The van der Waals surface area contributed by atoms with Crippen molar-refractivity contribution < 1.29 is 14.3 Å². The highest BCUT2D eigenvalue weighted by Crippen LogP contribution is 2.29. The number of halogens is 1. The van der Waals surface area contributed by atoms with Gasteiger partial charge in [0, 0.05) is 23.0 Å². The van der Waals surface area contributed by atoms with Crippen molar-refractivity contribution in [2.24, 2.45) is 0 Å². The molecule has 38 heavy (non-hydrogen) atoms. The number of alkyl halides is 1. The van der Waals surface area contributed by atoms with Gasteiger partial charge in [-0.05, 0) is 63.2 Å². The smallest absolute Gasteiger partial charge is 0.255 e. The lowest BCUT2D eigenvalue weighted by Crippen LogP contribution is -2.42. The Labute approximate surface area is 217 Å². The predicted molar refractivity (Wildman–Crippen MR) is 141 cm³/mol. The SMILES string of the molecule is Cc1[nH]nc2cc(Nc3cc(-c4ccc5cc(C#N)cnn45)ncc3C(=O)NC[C@@H](F)C(C)(C)O)ccc12. The van der Waals surface area contributed by atoms with Crippen molar-refractivity contribution in [3.05, 3.63) is 71.7 Å². The van der Waals surface area contributed by atoms with E-state index >= 15 is 0 Å². The van der Waals surface area contributed by atoms with E-state index in [9.17, 15) is 14.3 Å². The van der Waals surface area contributed by atoms with Crippen molar-refractivity contribution in [1.29, 1.82) is 5.26 Å². The Morgan fingerprint density at radius 2 is 2.05 bits per heavy atom. The van der Waals surface area contributed by atoms with E-state index in [2.05, 4.69) is 37.0 Å². The number of anilines is 2. The first kappa shape index (κ1) is 24.9. The number of pyridine rings is 1. The molecule has 4 N–H and O–H groups in total. The molecule has 192 valence electrons. The molecule has 0 radical (unpaired) electrons. The van der Waals surface area contributed by atoms with Gasteiger partial charge in [0.1, 0.15) is 12.2 Å². The minimum absolute atomic E-state index is 0.190. The van der Waals surface area contributed by atoms with E-state index in [1.165, 1.54) is 26.2 Å². The largest absolute Gasteiger partial charge is 0.387 e. The molecule has 10 nitrogen and oxygen atoms in total. The highest BCUT2D eigenvalue weighted by molar-refractivity contribution is 6.01. The first-order chi connectivity index (χ1) is 18.1. The molecule has 1 amide bonds. The number of aliphatic hydroxyl groups is 1. The first-order valence-corrected chi connectivity index (χ1v) is 11.9. The molecule has 0 bridgehead atoms. The number of aromatic nitrogens is 5. The molecule has 4 aromatic heterocycles. The molecule has 0 unspecified atom stereocenters. The summed E-state index contributed by atoms with van der Waals surface area (Å²) in [4.78, 5) is 17.6. The first-order valence-electron chi connectivity index (χ1n) is 11.9. The van der Waals surface area contributed by atoms with Crippen LogP contribution in [-0.4, -0.2) is 54.1 Å². The fraction of sp³-hybridized carbons (Fsp3) is 0.222. The van der Waals surface area contributed by atoms with Gasteiger partial charge in [-0.2, -0.15) is 15.5 Å². The van der Waals surface area contributed by atoms with E-state index in [1.807, 2.05) is 37.3 Å². The van der Waals surface area contributed by atoms with Crippen LogP contribution >= 0.6 is 0 Å². The molecule has 0 fully saturated rings. The zero-order valence-electron chi connectivity index (χ0n) is 21.0. The summed E-state index contributed by atoms with van der Waals surface area (Å²) < 4.78 is 16.0. The van der Waals surface area contributed by atoms with Crippen LogP contribution < -0.4 is 10.6 Å². The number of benzene rings is 1. The molecule has 5 rings (SSSR count). The fourth-order valence-electron chi connectivity index (χ4n) is 4.04. The normalized spacial score (nSPS) is 12.4. The average Bonchev–Trinajstić information content (AvgIpc) is 3.49. The van der Waals surface area contributed by atoms with Crippen LogP contribution in [0.4, 0.5) is 15.8 Å². The Balaban J connectivity index is 1.53. The number of H-pyrrole nitrogens is 1. The van der Waals surface area contributed by atoms with Crippen LogP contribution in [0.1, 0.15) is 35.5 Å². The zero-order chi connectivity index (χ0) is 27.0. The number of amides is 1. The second-order valence-electron chi connectivity index (χ2n) is 9.56. The third-order valence-corrected chi connectivity index (χ3v) is 6.27. The molecule has 1 aromatic carbocycles. The number of fused-ring (bicyclic) bond motifs is 2. The molecule has 0 aliphatic carbocycles. The highest BCUT2D eigenvalue weighted by Gasteiger charge is 2.27. The van der Waals surface area contributed by atoms with Gasteiger partial charge in [-0.3, -0.25) is 14.9 Å². The van der Waals surface area contributed by atoms with E-state index in [0.29, 0.717) is 28.3 Å². The number of nitrogens with zero attached hydrogens (tertiary/aromatic N) is 5. The molecule has 0 saturated heterocycles. The monoisotopic (exact) mass is 512 g/mol. The van der Waals surface area contributed by atoms with Crippen LogP contribution in [0.3, 0.4) is 0 Å². The minimum Gasteiger partial charge on any atom is -0.387 e. The zero-order valence-corrected chi connectivity index (χ0v) is 21.0. The van der Waals surface area contributed by atoms with Crippen LogP contribution in [0.5, 0.6) is 0 Å². The number of aryl methyl sites for hydroxylation is 1. The number of rotatable bonds is 7. The quantitative estimate of drug-likeness (QED) is 0.258. The van der Waals surface area contributed by atoms with Crippen molar-refractivity contribution in [3.8, 4) is 17.5 Å². The highest BCUT2D eigenvalue weighted by atomic mass is 19.1. The van der Waals surface area contributed by atoms with Gasteiger partial charge in [-0.25, -0.2) is 8.91 Å². The molecule has 11 heteroatoms. The summed E-state index contributed by atoms with van der Waals surface area (Å²) >= 11 is 0. The van der Waals surface area contributed by atoms with Crippen LogP contribution in [0.2, 0.25) is 0 Å². The summed E-state index contributed by atoms with van der Waals surface area (Å²) in [5.74, 6) is -0.549. The molecular formula is C27H25FN8O2. The Morgan fingerprint density at radius 3 is 2.82 bits per heavy atom. The molecule has 0 saturated carbocycles. The lowest BCUT2D eigenvalue weighted by Gasteiger charge is -2.22. The standard InChI is InChI=1S/C27H25FN8O2/c1-15-19-6-4-17(9-22(19)35-34-15)33-21-10-23(24-7-5-18-8-16(11-29)12-32-36(18)24)30-13-20(21)26(37)31-14-25(28)27(2,3)38/h4-10,12-13,25,38H,14H2,1-3H3,(H,30,33)(H,31,37)(H,34,35)/t25-/m1/s1. The van der Waals surface area contributed by atoms with E-state index in [-0.39, 0.29) is 12.1 Å². The van der Waals surface area contributed by atoms with Crippen LogP contribution in [-0.2, 0) is 0 Å². The summed E-state index contributed by atoms with van der Waals surface area (Å²) in [5.41, 5.74) is 3.75. The van der Waals surface area contributed by atoms with Gasteiger partial charge >= 0.3 is 0 Å². The van der Waals surface area contributed by atoms with Crippen LogP contribution in [0.25, 0.3) is 27.8 Å². The Hall–Kier alpha value is -4.82. The number of nitrogens with one attached hydrogen (secondary N) is 3. The molecule has 1 atom stereocenters. The second kappa shape index (κ2) is 9.57. The van der Waals surface area contributed by atoms with Crippen LogP contribution in [0.15, 0.2) is 54.9 Å². The average molecular weight is 513 g/mol. The van der Waals surface area contributed by atoms with E-state index < -0.39 is 17.7 Å². The number of carbonyl (C=O) groups is 1. The van der Waals surface area contributed by atoms with Gasteiger partial charge in [0.25, 0.3) is 5.91 Å². The third kappa shape index (κ3) is 4.77. The lowest BCUT2D eigenvalue weighted by atomic mass is 10.0. The number of aromatic amines is 1. The number of nitriles is 1. The summed E-state index contributed by atoms with van der Waals surface area (Å²) in [6.45, 7) is 4.25. The second-order valence-corrected chi connectivity index (χ2v) is 9.56. The molecular weight excluding hydrogens is 487 g/mol. The van der Waals surface area contributed by atoms with Gasteiger partial charge < -0.3 is 15.7 Å². The molecule has 5 aromatic rings. The van der Waals surface area contributed by atoms with Gasteiger partial charge in [0.15, 0.2) is 0 Å². The van der Waals surface area contributed by atoms with E-state index in [0.717, 1.165) is 22.1 Å². The van der Waals surface area contributed by atoms with Crippen LogP contribution in [0, 0.1) is 18.3 Å². The van der Waals surface area contributed by atoms with Gasteiger partial charge in [0.2, 0.25) is 0 Å². The maximum Gasteiger partial charge on any atom is 0.255 e. The maximum absolute atomic E-state index is 14.3. The Bertz CT molecular complexity index is 1710. The summed E-state index contributed by atoms with van der Waals surface area (Å²) in [5, 5.41) is 37.4. The van der Waals surface area contributed by atoms with Gasteiger partial charge in [0.05, 0.1) is 57.6 Å². The number of hydrogen-bond acceptors (Lipinski definition) is 7. The molecule has 0 aliphatic rings. The van der Waals surface area contributed by atoms with Crippen molar-refractivity contribution in [3.63, 3.8) is 0 Å².